The first-order valence-electron chi connectivity index (χ1n) is 7.79. The van der Waals surface area contributed by atoms with Crippen molar-refractivity contribution < 1.29 is 9.53 Å². The maximum Gasteiger partial charge on any atom is 0.234 e. The number of amides is 1. The average molecular weight is 389 g/mol. The van der Waals surface area contributed by atoms with E-state index in [1.54, 1.807) is 19.2 Å². The van der Waals surface area contributed by atoms with Gasteiger partial charge in [0.25, 0.3) is 0 Å². The molecule has 0 aliphatic rings. The first-order valence-corrected chi connectivity index (χ1v) is 9.16. The summed E-state index contributed by atoms with van der Waals surface area (Å²) < 4.78 is 7.09. The van der Waals surface area contributed by atoms with E-state index in [0.717, 1.165) is 11.3 Å². The van der Waals surface area contributed by atoms with Gasteiger partial charge in [-0.05, 0) is 24.3 Å². The highest BCUT2D eigenvalue weighted by Crippen LogP contribution is 2.26. The van der Waals surface area contributed by atoms with Crippen molar-refractivity contribution in [3.8, 4) is 17.1 Å². The summed E-state index contributed by atoms with van der Waals surface area (Å²) in [6.07, 6.45) is 0. The molecular weight excluding hydrogens is 372 g/mol. The van der Waals surface area contributed by atoms with Crippen LogP contribution in [0, 0.1) is 0 Å². The van der Waals surface area contributed by atoms with E-state index < -0.39 is 0 Å². The highest BCUT2D eigenvalue weighted by atomic mass is 35.5. The third-order valence-corrected chi connectivity index (χ3v) is 4.99. The van der Waals surface area contributed by atoms with E-state index in [0.29, 0.717) is 21.7 Å². The van der Waals surface area contributed by atoms with Crippen molar-refractivity contribution in [3.63, 3.8) is 0 Å². The molecule has 3 aromatic rings. The summed E-state index contributed by atoms with van der Waals surface area (Å²) in [7, 11) is 3.48. The summed E-state index contributed by atoms with van der Waals surface area (Å²) in [6, 6.07) is 14.7. The smallest absolute Gasteiger partial charge is 0.234 e. The molecule has 26 heavy (non-hydrogen) atoms. The van der Waals surface area contributed by atoms with E-state index in [-0.39, 0.29) is 11.7 Å². The van der Waals surface area contributed by atoms with Crippen LogP contribution < -0.4 is 10.1 Å². The van der Waals surface area contributed by atoms with Crippen LogP contribution in [-0.4, -0.2) is 33.5 Å². The fourth-order valence-corrected chi connectivity index (χ4v) is 3.23. The summed E-state index contributed by atoms with van der Waals surface area (Å²) in [4.78, 5) is 12.1. The van der Waals surface area contributed by atoms with Gasteiger partial charge in [-0.15, -0.1) is 10.2 Å². The number of hydrogen-bond donors (Lipinski definition) is 1. The number of para-hydroxylation sites is 1. The van der Waals surface area contributed by atoms with Crippen molar-refractivity contribution >= 4 is 35.0 Å². The monoisotopic (exact) mass is 388 g/mol. The molecule has 0 atom stereocenters. The highest BCUT2D eigenvalue weighted by Gasteiger charge is 2.14. The van der Waals surface area contributed by atoms with Gasteiger partial charge in [0, 0.05) is 12.6 Å². The maximum absolute atomic E-state index is 12.1. The molecule has 1 aromatic heterocycles. The SMILES string of the molecule is COc1cccc(-c2nnc(SCC(=O)Nc3ccccc3Cl)n2C)c1. The Morgan fingerprint density at radius 2 is 2.04 bits per heavy atom. The van der Waals surface area contributed by atoms with E-state index in [1.165, 1.54) is 11.8 Å². The molecule has 0 aliphatic heterocycles. The second-order valence-electron chi connectivity index (χ2n) is 5.41. The molecule has 2 aromatic carbocycles. The molecule has 0 saturated heterocycles. The van der Waals surface area contributed by atoms with Crippen molar-refractivity contribution in [3.05, 3.63) is 53.6 Å². The van der Waals surface area contributed by atoms with Gasteiger partial charge in [-0.2, -0.15) is 0 Å². The molecule has 1 heterocycles. The number of nitrogens with zero attached hydrogens (tertiary/aromatic N) is 3. The minimum atomic E-state index is -0.158. The van der Waals surface area contributed by atoms with Gasteiger partial charge in [0.2, 0.25) is 5.91 Å². The molecule has 6 nitrogen and oxygen atoms in total. The van der Waals surface area contributed by atoms with Crippen molar-refractivity contribution in [1.29, 1.82) is 0 Å². The van der Waals surface area contributed by atoms with Gasteiger partial charge in [0.15, 0.2) is 11.0 Å². The molecule has 0 unspecified atom stereocenters. The zero-order valence-electron chi connectivity index (χ0n) is 14.3. The zero-order valence-corrected chi connectivity index (χ0v) is 15.8. The van der Waals surface area contributed by atoms with Crippen molar-refractivity contribution in [2.24, 2.45) is 7.05 Å². The number of rotatable bonds is 6. The molecule has 3 rings (SSSR count). The minimum absolute atomic E-state index is 0.158. The van der Waals surface area contributed by atoms with Crippen LogP contribution in [0.15, 0.2) is 53.7 Å². The Labute approximate surface area is 160 Å². The number of carbonyl (C=O) groups is 1. The largest absolute Gasteiger partial charge is 0.497 e. The number of anilines is 1. The van der Waals surface area contributed by atoms with E-state index in [2.05, 4.69) is 15.5 Å². The van der Waals surface area contributed by atoms with Crippen LogP contribution in [0.25, 0.3) is 11.4 Å². The number of methoxy groups -OCH3 is 1. The van der Waals surface area contributed by atoms with Crippen LogP contribution in [0.4, 0.5) is 5.69 Å². The van der Waals surface area contributed by atoms with Crippen LogP contribution >= 0.6 is 23.4 Å². The Bertz CT molecular complexity index is 929. The van der Waals surface area contributed by atoms with Gasteiger partial charge in [0.1, 0.15) is 5.75 Å². The quantitative estimate of drug-likeness (QED) is 0.649. The van der Waals surface area contributed by atoms with E-state index in [9.17, 15) is 4.79 Å². The standard InChI is InChI=1S/C18H17ClN4O2S/c1-23-17(12-6-5-7-13(10-12)25-2)21-22-18(23)26-11-16(24)20-15-9-4-3-8-14(15)19/h3-10H,11H2,1-2H3,(H,20,24). The molecule has 8 heteroatoms. The second-order valence-corrected chi connectivity index (χ2v) is 6.76. The van der Waals surface area contributed by atoms with Gasteiger partial charge in [-0.1, -0.05) is 47.6 Å². The fraction of sp³-hybridized carbons (Fsp3) is 0.167. The molecule has 134 valence electrons. The number of halogens is 1. The predicted octanol–water partition coefficient (Wildman–Crippen LogP) is 3.87. The second kappa shape index (κ2) is 8.25. The Morgan fingerprint density at radius 3 is 2.81 bits per heavy atom. The molecule has 1 amide bonds. The summed E-state index contributed by atoms with van der Waals surface area (Å²) in [5.74, 6) is 1.50. The lowest BCUT2D eigenvalue weighted by atomic mass is 10.2. The Morgan fingerprint density at radius 1 is 1.23 bits per heavy atom. The zero-order chi connectivity index (χ0) is 18.5. The average Bonchev–Trinajstić information content (AvgIpc) is 3.02. The summed E-state index contributed by atoms with van der Waals surface area (Å²) in [6.45, 7) is 0. The Kier molecular flexibility index (Phi) is 5.80. The molecule has 0 fully saturated rings. The molecular formula is C18H17ClN4O2S. The van der Waals surface area contributed by atoms with Gasteiger partial charge in [0.05, 0.1) is 23.6 Å². The van der Waals surface area contributed by atoms with E-state index in [4.69, 9.17) is 16.3 Å². The summed E-state index contributed by atoms with van der Waals surface area (Å²) in [5.41, 5.74) is 1.49. The number of ether oxygens (including phenoxy) is 1. The summed E-state index contributed by atoms with van der Waals surface area (Å²) >= 11 is 7.36. The number of hydrogen-bond acceptors (Lipinski definition) is 5. The van der Waals surface area contributed by atoms with Crippen LogP contribution in [0.3, 0.4) is 0 Å². The van der Waals surface area contributed by atoms with Gasteiger partial charge >= 0.3 is 0 Å². The Hall–Kier alpha value is -2.51. The molecule has 0 spiro atoms. The lowest BCUT2D eigenvalue weighted by Gasteiger charge is -2.07. The normalized spacial score (nSPS) is 10.6. The minimum Gasteiger partial charge on any atom is -0.497 e. The first-order chi connectivity index (χ1) is 12.6. The van der Waals surface area contributed by atoms with Crippen LogP contribution in [0.1, 0.15) is 0 Å². The number of carbonyl (C=O) groups excluding carboxylic acids is 1. The number of thioether (sulfide) groups is 1. The molecule has 1 N–H and O–H groups in total. The fourth-order valence-electron chi connectivity index (χ4n) is 2.33. The molecule has 0 aliphatic carbocycles. The predicted molar refractivity (Wildman–Crippen MR) is 104 cm³/mol. The third kappa shape index (κ3) is 4.17. The molecule has 0 radical (unpaired) electrons. The van der Waals surface area contributed by atoms with Crippen molar-refractivity contribution in [2.45, 2.75) is 5.16 Å². The molecule has 0 saturated carbocycles. The van der Waals surface area contributed by atoms with Crippen LogP contribution in [-0.2, 0) is 11.8 Å². The van der Waals surface area contributed by atoms with Crippen LogP contribution in [0.2, 0.25) is 5.02 Å². The van der Waals surface area contributed by atoms with E-state index in [1.807, 2.05) is 48.0 Å². The number of benzene rings is 2. The van der Waals surface area contributed by atoms with Crippen LogP contribution in [0.5, 0.6) is 5.75 Å². The Balaban J connectivity index is 1.67. The van der Waals surface area contributed by atoms with Gasteiger partial charge in [-0.25, -0.2) is 0 Å². The number of aromatic nitrogens is 3. The number of nitrogens with one attached hydrogen (secondary N) is 1. The first kappa shape index (κ1) is 18.3. The van der Waals surface area contributed by atoms with Gasteiger partial charge < -0.3 is 14.6 Å². The molecule has 0 bridgehead atoms. The van der Waals surface area contributed by atoms with Crippen molar-refractivity contribution in [2.75, 3.05) is 18.2 Å². The lowest BCUT2D eigenvalue weighted by Crippen LogP contribution is -2.14. The van der Waals surface area contributed by atoms with Gasteiger partial charge in [-0.3, -0.25) is 4.79 Å². The highest BCUT2D eigenvalue weighted by molar-refractivity contribution is 7.99. The maximum atomic E-state index is 12.1. The summed E-state index contributed by atoms with van der Waals surface area (Å²) in [5, 5.41) is 12.3. The van der Waals surface area contributed by atoms with E-state index >= 15 is 0 Å². The third-order valence-electron chi connectivity index (χ3n) is 3.64. The van der Waals surface area contributed by atoms with Crippen molar-refractivity contribution in [1.82, 2.24) is 14.8 Å². The lowest BCUT2D eigenvalue weighted by molar-refractivity contribution is -0.113. The topological polar surface area (TPSA) is 69.0 Å².